The van der Waals surface area contributed by atoms with Crippen molar-refractivity contribution in [3.8, 4) is 23.1 Å². The number of hydrogen-bond donors (Lipinski definition) is 0. The summed E-state index contributed by atoms with van der Waals surface area (Å²) in [5.41, 5.74) is 4.34. The van der Waals surface area contributed by atoms with Crippen LogP contribution in [0.3, 0.4) is 0 Å². The van der Waals surface area contributed by atoms with E-state index in [1.54, 1.807) is 0 Å². The van der Waals surface area contributed by atoms with E-state index in [9.17, 15) is 13.7 Å². The van der Waals surface area contributed by atoms with Gasteiger partial charge in [-0.15, -0.1) is 0 Å². The van der Waals surface area contributed by atoms with E-state index in [2.05, 4.69) is 16.7 Å². The SMILES string of the molecule is N#Cc1c(-c2ccc(CS(=O)(=O)C3CC3)cc2)n(C2CCC2)c2cc(OCC3CCCO3)ccc12. The highest BCUT2D eigenvalue weighted by Crippen LogP contribution is 2.43. The Bertz CT molecular complexity index is 1390. The third-order valence-corrected chi connectivity index (χ3v) is 9.84. The Kier molecular flexibility index (Phi) is 5.82. The molecule has 0 N–H and O–H groups in total. The number of ether oxygens (including phenoxy) is 2. The average molecular weight is 491 g/mol. The van der Waals surface area contributed by atoms with Crippen LogP contribution in [0.15, 0.2) is 42.5 Å². The van der Waals surface area contributed by atoms with Crippen molar-refractivity contribution in [3.05, 3.63) is 53.6 Å². The van der Waals surface area contributed by atoms with Gasteiger partial charge in [-0.1, -0.05) is 24.3 Å². The van der Waals surface area contributed by atoms with Crippen LogP contribution in [0, 0.1) is 11.3 Å². The molecule has 6 rings (SSSR count). The molecule has 2 saturated carbocycles. The zero-order valence-corrected chi connectivity index (χ0v) is 20.6. The predicted octanol–water partition coefficient (Wildman–Crippen LogP) is 5.54. The first-order valence-electron chi connectivity index (χ1n) is 12.7. The zero-order chi connectivity index (χ0) is 24.0. The topological polar surface area (TPSA) is 81.3 Å². The second-order valence-corrected chi connectivity index (χ2v) is 12.4. The van der Waals surface area contributed by atoms with Gasteiger partial charge in [-0.25, -0.2) is 8.42 Å². The van der Waals surface area contributed by atoms with Gasteiger partial charge in [0.15, 0.2) is 9.84 Å². The molecule has 1 unspecified atom stereocenters. The number of fused-ring (bicyclic) bond motifs is 1. The maximum Gasteiger partial charge on any atom is 0.157 e. The lowest BCUT2D eigenvalue weighted by atomic mass is 9.92. The summed E-state index contributed by atoms with van der Waals surface area (Å²) in [7, 11) is -3.06. The maximum absolute atomic E-state index is 12.4. The molecule has 3 aliphatic rings. The smallest absolute Gasteiger partial charge is 0.157 e. The van der Waals surface area contributed by atoms with Gasteiger partial charge < -0.3 is 14.0 Å². The summed E-state index contributed by atoms with van der Waals surface area (Å²) in [5, 5.41) is 10.9. The van der Waals surface area contributed by atoms with Gasteiger partial charge in [0.1, 0.15) is 18.4 Å². The Morgan fingerprint density at radius 2 is 1.83 bits per heavy atom. The number of aromatic nitrogens is 1. The van der Waals surface area contributed by atoms with Gasteiger partial charge in [-0.3, -0.25) is 0 Å². The molecule has 1 aromatic heterocycles. The van der Waals surface area contributed by atoms with Gasteiger partial charge in [0.25, 0.3) is 0 Å². The zero-order valence-electron chi connectivity index (χ0n) is 19.8. The molecule has 182 valence electrons. The summed E-state index contributed by atoms with van der Waals surface area (Å²) in [6, 6.07) is 16.5. The molecule has 2 aliphatic carbocycles. The molecule has 0 spiro atoms. The van der Waals surface area contributed by atoms with Crippen molar-refractivity contribution in [1.29, 1.82) is 5.26 Å². The number of nitrogens with zero attached hydrogens (tertiary/aromatic N) is 2. The predicted molar refractivity (Wildman–Crippen MR) is 135 cm³/mol. The number of sulfone groups is 1. The Balaban J connectivity index is 1.37. The van der Waals surface area contributed by atoms with E-state index in [1.807, 2.05) is 36.4 Å². The van der Waals surface area contributed by atoms with Gasteiger partial charge >= 0.3 is 0 Å². The van der Waals surface area contributed by atoms with E-state index in [4.69, 9.17) is 9.47 Å². The number of hydrogen-bond acceptors (Lipinski definition) is 5. The fourth-order valence-electron chi connectivity index (χ4n) is 5.30. The van der Waals surface area contributed by atoms with E-state index in [-0.39, 0.29) is 17.1 Å². The van der Waals surface area contributed by atoms with E-state index < -0.39 is 9.84 Å². The minimum atomic E-state index is -3.06. The molecule has 0 radical (unpaired) electrons. The van der Waals surface area contributed by atoms with Gasteiger partial charge in [0.05, 0.1) is 33.9 Å². The molecule has 3 aromatic rings. The van der Waals surface area contributed by atoms with Crippen LogP contribution in [0.25, 0.3) is 22.2 Å². The quantitative estimate of drug-likeness (QED) is 0.414. The maximum atomic E-state index is 12.4. The molecule has 3 fully saturated rings. The summed E-state index contributed by atoms with van der Waals surface area (Å²) >= 11 is 0. The first-order valence-corrected chi connectivity index (χ1v) is 14.4. The van der Waals surface area contributed by atoms with E-state index in [0.717, 1.165) is 78.6 Å². The van der Waals surface area contributed by atoms with Gasteiger partial charge in [0.2, 0.25) is 0 Å². The first kappa shape index (κ1) is 22.6. The lowest BCUT2D eigenvalue weighted by Crippen LogP contribution is -2.18. The van der Waals surface area contributed by atoms with Gasteiger partial charge in [0, 0.05) is 24.1 Å². The van der Waals surface area contributed by atoms with E-state index in [0.29, 0.717) is 18.2 Å². The van der Waals surface area contributed by atoms with Crippen molar-refractivity contribution in [1.82, 2.24) is 4.57 Å². The van der Waals surface area contributed by atoms with Crippen molar-refractivity contribution in [3.63, 3.8) is 0 Å². The van der Waals surface area contributed by atoms with Gasteiger partial charge in [-0.05, 0) is 68.2 Å². The van der Waals surface area contributed by atoms with Crippen LogP contribution in [0.5, 0.6) is 5.75 Å². The molecule has 1 saturated heterocycles. The van der Waals surface area contributed by atoms with Crippen LogP contribution < -0.4 is 4.74 Å². The molecule has 7 heteroatoms. The summed E-state index contributed by atoms with van der Waals surface area (Å²) in [5.74, 6) is 0.878. The fraction of sp³-hybridized carbons (Fsp3) is 0.464. The Labute approximate surface area is 206 Å². The standard InChI is InChI=1S/C28H30N2O4S/c29-16-26-25-13-10-22(34-17-23-5-2-14-33-23)15-27(25)30(21-3-1-4-21)28(26)20-8-6-19(7-9-20)18-35(31,32)24-11-12-24/h6-10,13,15,21,23-24H,1-5,11-12,14,17-18H2. The average Bonchev–Trinajstić information content (AvgIpc) is 3.48. The van der Waals surface area contributed by atoms with Crippen LogP contribution >= 0.6 is 0 Å². The molecule has 2 aromatic carbocycles. The molecular weight excluding hydrogens is 460 g/mol. The Hall–Kier alpha value is -2.82. The highest BCUT2D eigenvalue weighted by Gasteiger charge is 2.35. The van der Waals surface area contributed by atoms with Crippen molar-refractivity contribution in [2.24, 2.45) is 0 Å². The number of rotatable bonds is 8. The summed E-state index contributed by atoms with van der Waals surface area (Å²) in [6.45, 7) is 1.34. The van der Waals surface area contributed by atoms with Crippen LogP contribution in [-0.2, 0) is 20.3 Å². The summed E-state index contributed by atoms with van der Waals surface area (Å²) in [6.07, 6.45) is 7.18. The van der Waals surface area contributed by atoms with Crippen molar-refractivity contribution in [2.45, 2.75) is 68.1 Å². The highest BCUT2D eigenvalue weighted by atomic mass is 32.2. The lowest BCUT2D eigenvalue weighted by molar-refractivity contribution is 0.0680. The molecule has 1 atom stereocenters. The molecule has 0 amide bonds. The van der Waals surface area contributed by atoms with Crippen LogP contribution in [0.1, 0.15) is 62.1 Å². The largest absolute Gasteiger partial charge is 0.491 e. The molecule has 35 heavy (non-hydrogen) atoms. The second kappa shape index (κ2) is 9.00. The third-order valence-electron chi connectivity index (χ3n) is 7.61. The Morgan fingerprint density at radius 3 is 2.46 bits per heavy atom. The van der Waals surface area contributed by atoms with E-state index >= 15 is 0 Å². The molecular formula is C28H30N2O4S. The summed E-state index contributed by atoms with van der Waals surface area (Å²) < 4.78 is 38.9. The van der Waals surface area contributed by atoms with Gasteiger partial charge in [-0.2, -0.15) is 5.26 Å². The first-order chi connectivity index (χ1) is 17.0. The molecule has 2 heterocycles. The minimum absolute atomic E-state index is 0.0834. The molecule has 0 bridgehead atoms. The number of benzene rings is 2. The van der Waals surface area contributed by atoms with Crippen LogP contribution in [0.4, 0.5) is 0 Å². The van der Waals surface area contributed by atoms with Crippen LogP contribution in [0.2, 0.25) is 0 Å². The van der Waals surface area contributed by atoms with Crippen molar-refractivity contribution < 1.29 is 17.9 Å². The normalized spacial score (nSPS) is 20.6. The highest BCUT2D eigenvalue weighted by molar-refractivity contribution is 7.91. The Morgan fingerprint density at radius 1 is 1.03 bits per heavy atom. The van der Waals surface area contributed by atoms with Crippen molar-refractivity contribution >= 4 is 20.7 Å². The number of nitriles is 1. The van der Waals surface area contributed by atoms with Crippen molar-refractivity contribution in [2.75, 3.05) is 13.2 Å². The third kappa shape index (κ3) is 4.34. The fourth-order valence-corrected chi connectivity index (χ4v) is 7.05. The monoisotopic (exact) mass is 490 g/mol. The van der Waals surface area contributed by atoms with Crippen LogP contribution in [-0.4, -0.2) is 37.6 Å². The van der Waals surface area contributed by atoms with E-state index in [1.165, 1.54) is 6.42 Å². The summed E-state index contributed by atoms with van der Waals surface area (Å²) in [4.78, 5) is 0. The second-order valence-electron chi connectivity index (χ2n) is 10.1. The lowest BCUT2D eigenvalue weighted by Gasteiger charge is -2.30. The molecule has 6 nitrogen and oxygen atoms in total. The minimum Gasteiger partial charge on any atom is -0.491 e. The molecule has 1 aliphatic heterocycles.